The van der Waals surface area contributed by atoms with Gasteiger partial charge in [-0.3, -0.25) is 0 Å². The number of carbonyl (C=O) groups is 1. The van der Waals surface area contributed by atoms with Crippen molar-refractivity contribution in [3.8, 4) is 0 Å². The first-order valence-corrected chi connectivity index (χ1v) is 7.90. The van der Waals surface area contributed by atoms with Gasteiger partial charge in [-0.2, -0.15) is 4.98 Å². The van der Waals surface area contributed by atoms with Crippen LogP contribution in [0.2, 0.25) is 0 Å². The quantitative estimate of drug-likeness (QED) is 0.567. The molecule has 1 heterocycles. The maximum Gasteiger partial charge on any atom is 0.360 e. The van der Waals surface area contributed by atoms with Crippen molar-refractivity contribution in [1.82, 2.24) is 4.98 Å². The second kappa shape index (κ2) is 6.06. The molecule has 0 aromatic carbocycles. The molecule has 0 fully saturated rings. The highest BCUT2D eigenvalue weighted by Crippen LogP contribution is 2.17. The summed E-state index contributed by atoms with van der Waals surface area (Å²) < 4.78 is 31.5. The summed E-state index contributed by atoms with van der Waals surface area (Å²) in [6, 6.07) is 0. The minimum atomic E-state index is -2.99. The molecule has 0 amide bonds. The number of hydrogen-bond acceptors (Lipinski definition) is 7. The number of aromatic nitrogens is 1. The SMILES string of the molecule is CCOC(=O)c1coc(SCCS(C)(=O)=O)n1. The van der Waals surface area contributed by atoms with Crippen LogP contribution in [0.25, 0.3) is 0 Å². The fraction of sp³-hybridized carbons (Fsp3) is 0.556. The zero-order valence-electron chi connectivity index (χ0n) is 9.50. The van der Waals surface area contributed by atoms with Crippen LogP contribution < -0.4 is 0 Å². The number of ether oxygens (including phenoxy) is 1. The molecule has 0 aliphatic heterocycles. The summed E-state index contributed by atoms with van der Waals surface area (Å²) in [7, 11) is -2.99. The average Bonchev–Trinajstić information content (AvgIpc) is 2.65. The Morgan fingerprint density at radius 3 is 2.88 bits per heavy atom. The zero-order chi connectivity index (χ0) is 12.9. The summed E-state index contributed by atoms with van der Waals surface area (Å²) in [4.78, 5) is 15.1. The van der Waals surface area contributed by atoms with Crippen LogP contribution in [0, 0.1) is 0 Å². The number of hydrogen-bond donors (Lipinski definition) is 0. The summed E-state index contributed by atoms with van der Waals surface area (Å²) in [6.07, 6.45) is 2.36. The van der Waals surface area contributed by atoms with E-state index in [-0.39, 0.29) is 23.3 Å². The molecule has 0 atom stereocenters. The van der Waals surface area contributed by atoms with Crippen LogP contribution in [-0.4, -0.2) is 43.7 Å². The normalized spacial score (nSPS) is 11.4. The molecule has 0 spiro atoms. The molecule has 8 heteroatoms. The fourth-order valence-corrected chi connectivity index (χ4v) is 2.90. The summed E-state index contributed by atoms with van der Waals surface area (Å²) in [5.41, 5.74) is 0.0914. The van der Waals surface area contributed by atoms with Crippen LogP contribution in [0.3, 0.4) is 0 Å². The van der Waals surface area contributed by atoms with Crippen LogP contribution >= 0.6 is 11.8 Å². The van der Waals surface area contributed by atoms with Crippen molar-refractivity contribution in [2.45, 2.75) is 12.1 Å². The minimum absolute atomic E-state index is 0.0365. The Labute approximate surface area is 104 Å². The highest BCUT2D eigenvalue weighted by atomic mass is 32.2. The number of sulfone groups is 1. The maximum absolute atomic E-state index is 11.2. The van der Waals surface area contributed by atoms with Crippen LogP contribution in [-0.2, 0) is 14.6 Å². The van der Waals surface area contributed by atoms with Crippen molar-refractivity contribution < 1.29 is 22.4 Å². The number of oxazole rings is 1. The number of esters is 1. The first-order valence-electron chi connectivity index (χ1n) is 4.85. The molecular formula is C9H13NO5S2. The molecule has 1 aromatic rings. The van der Waals surface area contributed by atoms with E-state index in [9.17, 15) is 13.2 Å². The fourth-order valence-electron chi connectivity index (χ4n) is 0.903. The van der Waals surface area contributed by atoms with E-state index in [1.54, 1.807) is 6.92 Å². The van der Waals surface area contributed by atoms with Gasteiger partial charge in [-0.05, 0) is 6.92 Å². The van der Waals surface area contributed by atoms with Crippen molar-refractivity contribution in [3.05, 3.63) is 12.0 Å². The standard InChI is InChI=1S/C9H13NO5S2/c1-3-14-8(11)7-6-15-9(10-7)16-4-5-17(2,12)13/h6H,3-5H2,1-2H3. The van der Waals surface area contributed by atoms with E-state index in [1.807, 2.05) is 0 Å². The van der Waals surface area contributed by atoms with E-state index in [2.05, 4.69) is 4.98 Å². The molecule has 0 unspecified atom stereocenters. The lowest BCUT2D eigenvalue weighted by Crippen LogP contribution is -2.05. The molecule has 6 nitrogen and oxygen atoms in total. The van der Waals surface area contributed by atoms with Crippen LogP contribution in [0.15, 0.2) is 15.9 Å². The van der Waals surface area contributed by atoms with Gasteiger partial charge < -0.3 is 9.15 Å². The molecule has 0 aliphatic rings. The molecule has 0 saturated carbocycles. The number of nitrogens with zero attached hydrogens (tertiary/aromatic N) is 1. The van der Waals surface area contributed by atoms with Crippen LogP contribution in [0.1, 0.15) is 17.4 Å². The van der Waals surface area contributed by atoms with E-state index in [1.165, 1.54) is 6.26 Å². The Kier molecular flexibility index (Phi) is 5.01. The van der Waals surface area contributed by atoms with Gasteiger partial charge in [0.05, 0.1) is 12.4 Å². The molecule has 0 radical (unpaired) electrons. The molecule has 0 aliphatic carbocycles. The van der Waals surface area contributed by atoms with E-state index in [0.717, 1.165) is 18.0 Å². The summed E-state index contributed by atoms with van der Waals surface area (Å²) in [5, 5.41) is 0.261. The summed E-state index contributed by atoms with van der Waals surface area (Å²) >= 11 is 1.14. The topological polar surface area (TPSA) is 86.5 Å². The Balaban J connectivity index is 2.49. The molecule has 1 rings (SSSR count). The van der Waals surface area contributed by atoms with Crippen LogP contribution in [0.4, 0.5) is 0 Å². The molecule has 0 bridgehead atoms. The largest absolute Gasteiger partial charge is 0.461 e. The lowest BCUT2D eigenvalue weighted by molar-refractivity contribution is 0.0519. The van der Waals surface area contributed by atoms with Gasteiger partial charge in [0.25, 0.3) is 5.22 Å². The zero-order valence-corrected chi connectivity index (χ0v) is 11.1. The van der Waals surface area contributed by atoms with E-state index >= 15 is 0 Å². The highest BCUT2D eigenvalue weighted by molar-refractivity contribution is 8.00. The van der Waals surface area contributed by atoms with Crippen molar-refractivity contribution in [1.29, 1.82) is 0 Å². The number of rotatable bonds is 6. The lowest BCUT2D eigenvalue weighted by Gasteiger charge is -1.95. The number of thioether (sulfide) groups is 1. The van der Waals surface area contributed by atoms with Gasteiger partial charge in [-0.15, -0.1) is 0 Å². The maximum atomic E-state index is 11.2. The first kappa shape index (κ1) is 14.0. The Bertz CT molecular complexity index is 479. The van der Waals surface area contributed by atoms with Crippen LogP contribution in [0.5, 0.6) is 0 Å². The predicted molar refractivity (Wildman–Crippen MR) is 62.9 cm³/mol. The van der Waals surface area contributed by atoms with E-state index in [0.29, 0.717) is 5.75 Å². The monoisotopic (exact) mass is 279 g/mol. The minimum Gasteiger partial charge on any atom is -0.461 e. The van der Waals surface area contributed by atoms with Gasteiger partial charge in [0.15, 0.2) is 5.69 Å². The molecule has 1 aromatic heterocycles. The van der Waals surface area contributed by atoms with E-state index < -0.39 is 15.8 Å². The second-order valence-electron chi connectivity index (χ2n) is 3.20. The molecular weight excluding hydrogens is 266 g/mol. The van der Waals surface area contributed by atoms with Gasteiger partial charge in [0, 0.05) is 12.0 Å². The third-order valence-corrected chi connectivity index (χ3v) is 3.69. The third-order valence-electron chi connectivity index (χ3n) is 1.65. The Morgan fingerprint density at radius 2 is 2.29 bits per heavy atom. The molecule has 0 N–H and O–H groups in total. The molecule has 17 heavy (non-hydrogen) atoms. The summed E-state index contributed by atoms with van der Waals surface area (Å²) in [5.74, 6) is -0.178. The number of carbonyl (C=O) groups excluding carboxylic acids is 1. The van der Waals surface area contributed by atoms with Gasteiger partial charge in [-0.25, -0.2) is 13.2 Å². The first-order chi connectivity index (χ1) is 7.92. The summed E-state index contributed by atoms with van der Waals surface area (Å²) in [6.45, 7) is 1.96. The van der Waals surface area contributed by atoms with Crippen molar-refractivity contribution in [2.75, 3.05) is 24.4 Å². The lowest BCUT2D eigenvalue weighted by atomic mass is 10.5. The van der Waals surface area contributed by atoms with Crippen molar-refractivity contribution in [2.24, 2.45) is 0 Å². The predicted octanol–water partition coefficient (Wildman–Crippen LogP) is 0.988. The molecule has 0 saturated heterocycles. The Morgan fingerprint density at radius 1 is 1.59 bits per heavy atom. The van der Waals surface area contributed by atoms with Gasteiger partial charge in [0.2, 0.25) is 0 Å². The third kappa shape index (κ3) is 5.22. The van der Waals surface area contributed by atoms with Gasteiger partial charge >= 0.3 is 5.97 Å². The van der Waals surface area contributed by atoms with Gasteiger partial charge in [0.1, 0.15) is 16.1 Å². The van der Waals surface area contributed by atoms with E-state index in [4.69, 9.17) is 9.15 Å². The van der Waals surface area contributed by atoms with Gasteiger partial charge in [-0.1, -0.05) is 11.8 Å². The second-order valence-corrected chi connectivity index (χ2v) is 6.50. The van der Waals surface area contributed by atoms with Crippen molar-refractivity contribution >= 4 is 27.6 Å². The Hall–Kier alpha value is -1.02. The highest BCUT2D eigenvalue weighted by Gasteiger charge is 2.13. The average molecular weight is 279 g/mol. The molecule has 96 valence electrons. The van der Waals surface area contributed by atoms with Crippen molar-refractivity contribution in [3.63, 3.8) is 0 Å². The smallest absolute Gasteiger partial charge is 0.360 e.